The van der Waals surface area contributed by atoms with Gasteiger partial charge in [-0.25, -0.2) is 0 Å². The van der Waals surface area contributed by atoms with Gasteiger partial charge in [0.25, 0.3) is 0 Å². The van der Waals surface area contributed by atoms with Crippen molar-refractivity contribution in [3.8, 4) is 22.3 Å². The number of hydrogen-bond donors (Lipinski definition) is 0. The largest absolute Gasteiger partial charge is 0.289 e. The second-order valence-electron chi connectivity index (χ2n) is 10.4. The molecule has 0 bridgehead atoms. The van der Waals surface area contributed by atoms with Crippen LogP contribution in [-0.4, -0.2) is 0 Å². The third kappa shape index (κ3) is 5.16. The Labute approximate surface area is 257 Å². The molecule has 2 aromatic heterocycles. The molecule has 7 rings (SSSR count). The summed E-state index contributed by atoms with van der Waals surface area (Å²) in [5, 5.41) is 2.27. The Kier molecular flexibility index (Phi) is 7.15. The molecule has 4 heteroatoms. The van der Waals surface area contributed by atoms with Crippen LogP contribution in [0.25, 0.3) is 64.7 Å². The molecular weight excluding hydrogens is 565 g/mol. The number of benzene rings is 5. The molecule has 206 valence electrons. The molecule has 0 atom stereocenters. The molecule has 0 unspecified atom stereocenters. The summed E-state index contributed by atoms with van der Waals surface area (Å²) < 4.78 is 2.99. The zero-order valence-electron chi connectivity index (χ0n) is 23.2. The fraction of sp³-hybridized carbons (Fsp3) is 0.0256. The summed E-state index contributed by atoms with van der Waals surface area (Å²) in [6.45, 7) is 3.89. The van der Waals surface area contributed by atoms with E-state index in [1.54, 1.807) is 28.7 Å². The van der Waals surface area contributed by atoms with Gasteiger partial charge in [-0.1, -0.05) is 91.5 Å². The highest BCUT2D eigenvalue weighted by atomic mass is 32.1. The highest BCUT2D eigenvalue weighted by Gasteiger charge is 2.10. The van der Waals surface area contributed by atoms with Gasteiger partial charge in [0.1, 0.15) is 0 Å². The lowest BCUT2D eigenvalue weighted by molar-refractivity contribution is 1.28. The number of allylic oxidation sites excluding steroid dienone is 1. The first kappa shape index (κ1) is 27.0. The maximum Gasteiger partial charge on any atom is 0.195 e. The van der Waals surface area contributed by atoms with Crippen molar-refractivity contribution in [1.29, 1.82) is 0 Å². The van der Waals surface area contributed by atoms with Crippen LogP contribution in [0.3, 0.4) is 0 Å². The van der Waals surface area contributed by atoms with E-state index in [1.165, 1.54) is 5.56 Å². The van der Waals surface area contributed by atoms with E-state index in [-0.39, 0.29) is 10.9 Å². The van der Waals surface area contributed by atoms with Gasteiger partial charge in [0.2, 0.25) is 0 Å². The SMILES string of the molecule is C=Cc1c(/C=C\Cc2cccc(-c3cccc(-c4ccc5sc6ccccc6c(=O)c5c4)c3)c2)sc2ccccc2c1=O. The van der Waals surface area contributed by atoms with Gasteiger partial charge in [0.05, 0.1) is 0 Å². The zero-order valence-corrected chi connectivity index (χ0v) is 24.9. The van der Waals surface area contributed by atoms with Gasteiger partial charge in [-0.15, -0.1) is 22.7 Å². The highest BCUT2D eigenvalue weighted by molar-refractivity contribution is 7.24. The van der Waals surface area contributed by atoms with E-state index in [0.717, 1.165) is 63.8 Å². The van der Waals surface area contributed by atoms with E-state index < -0.39 is 0 Å². The molecule has 43 heavy (non-hydrogen) atoms. The van der Waals surface area contributed by atoms with Crippen LogP contribution in [-0.2, 0) is 6.42 Å². The molecule has 0 fully saturated rings. The molecule has 7 aromatic rings. The van der Waals surface area contributed by atoms with Gasteiger partial charge in [0, 0.05) is 40.7 Å². The van der Waals surface area contributed by atoms with Crippen molar-refractivity contribution >= 4 is 65.1 Å². The number of rotatable bonds is 6. The Morgan fingerprint density at radius 1 is 0.558 bits per heavy atom. The maximum absolute atomic E-state index is 13.3. The molecular formula is C39H26O2S2. The third-order valence-electron chi connectivity index (χ3n) is 7.72. The summed E-state index contributed by atoms with van der Waals surface area (Å²) in [5.74, 6) is 0. The molecule has 5 aromatic carbocycles. The Hall–Kier alpha value is -4.90. The van der Waals surface area contributed by atoms with Crippen LogP contribution < -0.4 is 10.9 Å². The fourth-order valence-electron chi connectivity index (χ4n) is 5.53. The zero-order chi connectivity index (χ0) is 29.3. The lowest BCUT2D eigenvalue weighted by Crippen LogP contribution is -2.05. The van der Waals surface area contributed by atoms with Crippen molar-refractivity contribution in [2.24, 2.45) is 0 Å². The first-order valence-corrected chi connectivity index (χ1v) is 15.7. The molecule has 2 heterocycles. The standard InChI is InChI=1S/C39H26O2S2/c1-2-30-34(42-35-17-5-3-15-31(35)38(30)40)19-8-11-25-10-7-12-26(22-25)27-13-9-14-28(23-27)29-20-21-37-33(24-29)39(41)32-16-4-6-18-36(32)43-37/h2-10,12-24H,1,11H2/b19-8-. The second-order valence-corrected chi connectivity index (χ2v) is 12.6. The average molecular weight is 591 g/mol. The summed E-state index contributed by atoms with van der Waals surface area (Å²) in [4.78, 5) is 27.2. The van der Waals surface area contributed by atoms with Crippen LogP contribution in [0.1, 0.15) is 16.0 Å². The lowest BCUT2D eigenvalue weighted by atomic mass is 9.97. The molecule has 0 amide bonds. The van der Waals surface area contributed by atoms with Crippen LogP contribution in [0.15, 0.2) is 138 Å². The molecule has 0 aliphatic rings. The van der Waals surface area contributed by atoms with E-state index in [4.69, 9.17) is 0 Å². The van der Waals surface area contributed by atoms with Crippen molar-refractivity contribution in [2.45, 2.75) is 6.42 Å². The van der Waals surface area contributed by atoms with Gasteiger partial charge in [-0.2, -0.15) is 0 Å². The molecule has 0 aliphatic heterocycles. The summed E-state index contributed by atoms with van der Waals surface area (Å²) in [6, 6.07) is 38.7. The van der Waals surface area contributed by atoms with Crippen molar-refractivity contribution in [3.05, 3.63) is 164 Å². The minimum absolute atomic E-state index is 0.0257. The maximum atomic E-state index is 13.3. The minimum atomic E-state index is 0.0257. The van der Waals surface area contributed by atoms with Gasteiger partial charge >= 0.3 is 0 Å². The summed E-state index contributed by atoms with van der Waals surface area (Å²) in [6.07, 6.45) is 6.55. The van der Waals surface area contributed by atoms with Crippen molar-refractivity contribution in [2.75, 3.05) is 0 Å². The summed E-state index contributed by atoms with van der Waals surface area (Å²) in [5.41, 5.74) is 6.30. The monoisotopic (exact) mass is 590 g/mol. The average Bonchev–Trinajstić information content (AvgIpc) is 3.05. The lowest BCUT2D eigenvalue weighted by Gasteiger charge is -2.09. The number of hydrogen-bond acceptors (Lipinski definition) is 4. The molecule has 0 saturated heterocycles. The first-order chi connectivity index (χ1) is 21.1. The van der Waals surface area contributed by atoms with Crippen molar-refractivity contribution in [3.63, 3.8) is 0 Å². The van der Waals surface area contributed by atoms with Crippen LogP contribution >= 0.6 is 22.7 Å². The first-order valence-electron chi connectivity index (χ1n) is 14.1. The Balaban J connectivity index is 1.18. The smallest absolute Gasteiger partial charge is 0.195 e. The topological polar surface area (TPSA) is 34.1 Å². The van der Waals surface area contributed by atoms with Gasteiger partial charge in [0.15, 0.2) is 10.9 Å². The van der Waals surface area contributed by atoms with E-state index in [1.807, 2.05) is 60.7 Å². The van der Waals surface area contributed by atoms with E-state index in [9.17, 15) is 9.59 Å². The Morgan fingerprint density at radius 3 is 1.91 bits per heavy atom. The summed E-state index contributed by atoms with van der Waals surface area (Å²) >= 11 is 3.27. The van der Waals surface area contributed by atoms with E-state index >= 15 is 0 Å². The molecule has 0 spiro atoms. The van der Waals surface area contributed by atoms with Gasteiger partial charge < -0.3 is 0 Å². The van der Waals surface area contributed by atoms with Gasteiger partial charge in [-0.3, -0.25) is 9.59 Å². The molecule has 0 saturated carbocycles. The molecule has 0 N–H and O–H groups in total. The van der Waals surface area contributed by atoms with Crippen LogP contribution in [0.5, 0.6) is 0 Å². The fourth-order valence-corrected chi connectivity index (χ4v) is 7.69. The normalized spacial score (nSPS) is 11.5. The summed E-state index contributed by atoms with van der Waals surface area (Å²) in [7, 11) is 0. The third-order valence-corrected chi connectivity index (χ3v) is 10.0. The van der Waals surface area contributed by atoms with Crippen LogP contribution in [0, 0.1) is 0 Å². The number of fused-ring (bicyclic) bond motifs is 3. The van der Waals surface area contributed by atoms with Gasteiger partial charge in [-0.05, 0) is 82.8 Å². The van der Waals surface area contributed by atoms with Crippen molar-refractivity contribution < 1.29 is 0 Å². The molecule has 0 radical (unpaired) electrons. The quantitative estimate of drug-likeness (QED) is 0.181. The predicted octanol–water partition coefficient (Wildman–Crippen LogP) is 10.2. The second kappa shape index (κ2) is 11.4. The highest BCUT2D eigenvalue weighted by Crippen LogP contribution is 2.31. The Bertz CT molecular complexity index is 2340. The predicted molar refractivity (Wildman–Crippen MR) is 187 cm³/mol. The Morgan fingerprint density at radius 2 is 1.16 bits per heavy atom. The minimum Gasteiger partial charge on any atom is -0.289 e. The van der Waals surface area contributed by atoms with Crippen LogP contribution in [0.2, 0.25) is 0 Å². The van der Waals surface area contributed by atoms with Crippen molar-refractivity contribution in [1.82, 2.24) is 0 Å². The molecule has 0 aliphatic carbocycles. The van der Waals surface area contributed by atoms with Crippen LogP contribution in [0.4, 0.5) is 0 Å². The van der Waals surface area contributed by atoms with E-state index in [0.29, 0.717) is 5.56 Å². The van der Waals surface area contributed by atoms with E-state index in [2.05, 4.69) is 73.3 Å². The molecule has 2 nitrogen and oxygen atoms in total.